The van der Waals surface area contributed by atoms with Gasteiger partial charge in [0.05, 0.1) is 24.9 Å². The number of benzene rings is 1. The Kier molecular flexibility index (Phi) is 6.62. The number of fused-ring (bicyclic) bond motifs is 2. The fourth-order valence-electron chi connectivity index (χ4n) is 3.84. The molecule has 10 heteroatoms. The van der Waals surface area contributed by atoms with Crippen LogP contribution < -0.4 is 25.0 Å². The highest BCUT2D eigenvalue weighted by Gasteiger charge is 2.30. The summed E-state index contributed by atoms with van der Waals surface area (Å²) < 4.78 is 11.3. The summed E-state index contributed by atoms with van der Waals surface area (Å²) in [6.07, 6.45) is 4.86. The molecule has 10 nitrogen and oxygen atoms in total. The monoisotopic (exact) mass is 452 g/mol. The zero-order chi connectivity index (χ0) is 23.4. The lowest BCUT2D eigenvalue weighted by molar-refractivity contribution is -0.130. The Hall–Kier alpha value is -3.82. The van der Waals surface area contributed by atoms with Crippen LogP contribution in [0.1, 0.15) is 24.8 Å². The maximum atomic E-state index is 12.7. The van der Waals surface area contributed by atoms with E-state index in [9.17, 15) is 9.59 Å². The quantitative estimate of drug-likeness (QED) is 0.679. The van der Waals surface area contributed by atoms with E-state index in [0.29, 0.717) is 66.8 Å². The Bertz CT molecular complexity index is 1090. The average Bonchev–Trinajstić information content (AvgIpc) is 3.14. The SMILES string of the molecule is COc1ccc2cc1OCCCC(=O)N(C)CCCN(C)c1ncnc3c1/C(=C\N2)C(=O)N3. The number of anilines is 3. The summed E-state index contributed by atoms with van der Waals surface area (Å²) >= 11 is 0. The van der Waals surface area contributed by atoms with Gasteiger partial charge in [-0.15, -0.1) is 0 Å². The van der Waals surface area contributed by atoms with Gasteiger partial charge in [-0.3, -0.25) is 9.59 Å². The zero-order valence-corrected chi connectivity index (χ0v) is 19.1. The maximum Gasteiger partial charge on any atom is 0.259 e. The van der Waals surface area contributed by atoms with Crippen molar-refractivity contribution >= 4 is 34.7 Å². The standard InChI is InChI=1S/C23H28N6O4/c1-28-9-5-10-29(2)22-20-16(23(31)27-21(20)25-14-26-22)13-24-15-7-8-17(32-3)18(12-15)33-11-4-6-19(28)30/h7-8,12-14,24H,4-6,9-11H2,1-3H3,(H,25,26,27,31)/b16-13+. The number of methoxy groups -OCH3 is 1. The molecule has 2 aromatic rings. The first kappa shape index (κ1) is 22.4. The van der Waals surface area contributed by atoms with Gasteiger partial charge in [-0.2, -0.15) is 0 Å². The van der Waals surface area contributed by atoms with E-state index in [0.717, 1.165) is 12.1 Å². The molecule has 174 valence electrons. The molecule has 33 heavy (non-hydrogen) atoms. The second-order valence-electron chi connectivity index (χ2n) is 7.99. The molecule has 1 aromatic heterocycles. The molecule has 2 N–H and O–H groups in total. The summed E-state index contributed by atoms with van der Waals surface area (Å²) in [7, 11) is 5.31. The van der Waals surface area contributed by atoms with Crippen molar-refractivity contribution in [3.63, 3.8) is 0 Å². The first-order valence-corrected chi connectivity index (χ1v) is 10.9. The molecule has 2 bridgehead atoms. The summed E-state index contributed by atoms with van der Waals surface area (Å²) in [6, 6.07) is 5.43. The first-order valence-electron chi connectivity index (χ1n) is 10.9. The molecule has 0 unspecified atom stereocenters. The van der Waals surface area contributed by atoms with Crippen LogP contribution in [-0.4, -0.2) is 67.6 Å². The number of nitrogens with one attached hydrogen (secondary N) is 2. The maximum absolute atomic E-state index is 12.7. The fraction of sp³-hybridized carbons (Fsp3) is 0.391. The topological polar surface area (TPSA) is 109 Å². The molecule has 4 rings (SSSR count). The lowest BCUT2D eigenvalue weighted by atomic mass is 10.1. The van der Waals surface area contributed by atoms with Gasteiger partial charge in [0.1, 0.15) is 18.0 Å². The van der Waals surface area contributed by atoms with E-state index in [4.69, 9.17) is 9.47 Å². The Balaban J connectivity index is 1.70. The van der Waals surface area contributed by atoms with E-state index in [1.54, 1.807) is 30.3 Å². The van der Waals surface area contributed by atoms with E-state index < -0.39 is 0 Å². The Morgan fingerprint density at radius 1 is 1.09 bits per heavy atom. The Morgan fingerprint density at radius 3 is 2.73 bits per heavy atom. The molecule has 2 amide bonds. The van der Waals surface area contributed by atoms with Crippen molar-refractivity contribution in [3.05, 3.63) is 36.3 Å². The number of carbonyl (C=O) groups excluding carboxylic acids is 2. The molecule has 0 saturated heterocycles. The highest BCUT2D eigenvalue weighted by atomic mass is 16.5. The van der Waals surface area contributed by atoms with Crippen molar-refractivity contribution in [1.29, 1.82) is 0 Å². The van der Waals surface area contributed by atoms with Gasteiger partial charge in [-0.1, -0.05) is 0 Å². The van der Waals surface area contributed by atoms with Crippen molar-refractivity contribution in [1.82, 2.24) is 14.9 Å². The number of carbonyl (C=O) groups is 2. The minimum absolute atomic E-state index is 0.0766. The molecule has 0 spiro atoms. The van der Waals surface area contributed by atoms with Gasteiger partial charge >= 0.3 is 0 Å². The van der Waals surface area contributed by atoms with Crippen LogP contribution in [0.25, 0.3) is 5.57 Å². The molecule has 0 aliphatic carbocycles. The van der Waals surface area contributed by atoms with Crippen molar-refractivity contribution in [2.45, 2.75) is 19.3 Å². The van der Waals surface area contributed by atoms with Gasteiger partial charge in [-0.25, -0.2) is 9.97 Å². The van der Waals surface area contributed by atoms with E-state index >= 15 is 0 Å². The number of hydrogen-bond donors (Lipinski definition) is 2. The van der Waals surface area contributed by atoms with E-state index in [1.165, 1.54) is 6.33 Å². The normalized spacial score (nSPS) is 18.7. The molecular weight excluding hydrogens is 424 g/mol. The Labute approximate surface area is 192 Å². The molecule has 2 aliphatic heterocycles. The Morgan fingerprint density at radius 2 is 1.91 bits per heavy atom. The molecule has 0 fully saturated rings. The largest absolute Gasteiger partial charge is 0.493 e. The minimum atomic E-state index is -0.252. The van der Waals surface area contributed by atoms with Gasteiger partial charge in [0.15, 0.2) is 11.5 Å². The lowest BCUT2D eigenvalue weighted by Gasteiger charge is -2.23. The van der Waals surface area contributed by atoms with Crippen LogP contribution in [0.4, 0.5) is 17.3 Å². The van der Waals surface area contributed by atoms with Gasteiger partial charge in [-0.05, 0) is 25.0 Å². The number of hydrogen-bond acceptors (Lipinski definition) is 8. The van der Waals surface area contributed by atoms with Crippen LogP contribution in [0, 0.1) is 0 Å². The van der Waals surface area contributed by atoms with Crippen LogP contribution in [-0.2, 0) is 9.59 Å². The van der Waals surface area contributed by atoms with Crippen LogP contribution in [0.15, 0.2) is 30.7 Å². The second-order valence-corrected chi connectivity index (χ2v) is 7.99. The third-order valence-corrected chi connectivity index (χ3v) is 5.69. The summed E-state index contributed by atoms with van der Waals surface area (Å²) in [5.41, 5.74) is 1.82. The highest BCUT2D eigenvalue weighted by molar-refractivity contribution is 6.32. The van der Waals surface area contributed by atoms with Gasteiger partial charge in [0.2, 0.25) is 5.91 Å². The van der Waals surface area contributed by atoms with E-state index in [-0.39, 0.29) is 11.8 Å². The molecule has 3 heterocycles. The number of aromatic nitrogens is 2. The van der Waals surface area contributed by atoms with Crippen LogP contribution in [0.3, 0.4) is 0 Å². The minimum Gasteiger partial charge on any atom is -0.493 e. The highest BCUT2D eigenvalue weighted by Crippen LogP contribution is 2.36. The van der Waals surface area contributed by atoms with Crippen molar-refractivity contribution in [2.24, 2.45) is 0 Å². The first-order chi connectivity index (χ1) is 16.0. The number of amides is 2. The molecule has 0 saturated carbocycles. The fourth-order valence-corrected chi connectivity index (χ4v) is 3.84. The molecule has 1 aromatic carbocycles. The van der Waals surface area contributed by atoms with Crippen LogP contribution in [0.5, 0.6) is 11.5 Å². The molecule has 2 aliphatic rings. The summed E-state index contributed by atoms with van der Waals surface area (Å²) in [5, 5.41) is 5.98. The molecule has 0 radical (unpaired) electrons. The van der Waals surface area contributed by atoms with Crippen LogP contribution >= 0.6 is 0 Å². The third kappa shape index (κ3) is 4.84. The molecular formula is C23H28N6O4. The average molecular weight is 453 g/mol. The molecule has 0 atom stereocenters. The number of ether oxygens (including phenoxy) is 2. The number of rotatable bonds is 1. The van der Waals surface area contributed by atoms with E-state index in [1.807, 2.05) is 25.1 Å². The van der Waals surface area contributed by atoms with Gasteiger partial charge in [0.25, 0.3) is 5.91 Å². The van der Waals surface area contributed by atoms with Gasteiger partial charge < -0.3 is 29.9 Å². The smallest absolute Gasteiger partial charge is 0.259 e. The summed E-state index contributed by atoms with van der Waals surface area (Å²) in [6.45, 7) is 1.68. The van der Waals surface area contributed by atoms with Crippen molar-refractivity contribution in [3.8, 4) is 11.5 Å². The lowest BCUT2D eigenvalue weighted by Crippen LogP contribution is -2.31. The summed E-state index contributed by atoms with van der Waals surface area (Å²) in [4.78, 5) is 37.5. The summed E-state index contributed by atoms with van der Waals surface area (Å²) in [5.74, 6) is 2.10. The predicted molar refractivity (Wildman–Crippen MR) is 126 cm³/mol. The van der Waals surface area contributed by atoms with Crippen LogP contribution in [0.2, 0.25) is 0 Å². The van der Waals surface area contributed by atoms with Gasteiger partial charge in [0, 0.05) is 51.6 Å². The third-order valence-electron chi connectivity index (χ3n) is 5.69. The predicted octanol–water partition coefficient (Wildman–Crippen LogP) is 2.35. The van der Waals surface area contributed by atoms with Crippen molar-refractivity contribution in [2.75, 3.05) is 56.4 Å². The van der Waals surface area contributed by atoms with Crippen molar-refractivity contribution < 1.29 is 19.1 Å². The second kappa shape index (κ2) is 9.76. The van der Waals surface area contributed by atoms with E-state index in [2.05, 4.69) is 20.6 Å². The number of nitrogens with zero attached hydrogens (tertiary/aromatic N) is 4. The zero-order valence-electron chi connectivity index (χ0n) is 19.1.